The molecule has 3 aliphatic rings. The minimum absolute atomic E-state index is 0.0000265. The molecule has 1 saturated heterocycles. The van der Waals surface area contributed by atoms with Crippen molar-refractivity contribution < 1.29 is 38.8 Å². The van der Waals surface area contributed by atoms with Gasteiger partial charge in [0, 0.05) is 18.1 Å². The average Bonchev–Trinajstić information content (AvgIpc) is 3.10. The number of ether oxygens (including phenoxy) is 3. The Morgan fingerprint density at radius 3 is 2.75 bits per heavy atom. The number of esters is 2. The van der Waals surface area contributed by atoms with Crippen LogP contribution >= 0.6 is 0 Å². The molecule has 28 heavy (non-hydrogen) atoms. The highest BCUT2D eigenvalue weighted by Gasteiger charge is 2.57. The van der Waals surface area contributed by atoms with Gasteiger partial charge in [-0.25, -0.2) is 9.59 Å². The van der Waals surface area contributed by atoms with Crippen LogP contribution in [0.3, 0.4) is 0 Å². The highest BCUT2D eigenvalue weighted by molar-refractivity contribution is 6.00. The van der Waals surface area contributed by atoms with Crippen LogP contribution in [-0.4, -0.2) is 52.4 Å². The zero-order valence-electron chi connectivity index (χ0n) is 15.9. The zero-order chi connectivity index (χ0) is 20.8. The van der Waals surface area contributed by atoms with Gasteiger partial charge in [0.15, 0.2) is 5.60 Å². The molecule has 3 aliphatic heterocycles. The molecule has 2 bridgehead atoms. The van der Waals surface area contributed by atoms with E-state index >= 15 is 0 Å². The minimum Gasteiger partial charge on any atom is -0.480 e. The Bertz CT molecular complexity index is 861. The number of rotatable bonds is 3. The van der Waals surface area contributed by atoms with E-state index < -0.39 is 48.1 Å². The standard InChI is InChI=1S/C20H22O8/c1-5-11(8-21)19(25)27-16-14-10(3)18(24)26-15(14)9(2)6-12-7-13(22)20(4,28-12)17(16)23/h5,7,14,16-17,21,23H,3,6,8H2,1-2,4H3. The summed E-state index contributed by atoms with van der Waals surface area (Å²) >= 11 is 0. The molecule has 0 aliphatic carbocycles. The maximum Gasteiger partial charge on any atom is 0.339 e. The Balaban J connectivity index is 2.13. The van der Waals surface area contributed by atoms with Gasteiger partial charge in [0.05, 0.1) is 18.1 Å². The first-order valence-electron chi connectivity index (χ1n) is 8.83. The fraction of sp³-hybridized carbons (Fsp3) is 0.450. The van der Waals surface area contributed by atoms with Gasteiger partial charge in [-0.15, -0.1) is 0 Å². The number of hydrogen-bond acceptors (Lipinski definition) is 8. The van der Waals surface area contributed by atoms with E-state index in [0.29, 0.717) is 11.3 Å². The van der Waals surface area contributed by atoms with E-state index in [1.807, 2.05) is 0 Å². The number of carbonyl (C=O) groups is 3. The Labute approximate surface area is 161 Å². The van der Waals surface area contributed by atoms with E-state index in [-0.39, 0.29) is 23.3 Å². The fourth-order valence-corrected chi connectivity index (χ4v) is 3.60. The molecule has 4 atom stereocenters. The van der Waals surface area contributed by atoms with Crippen LogP contribution in [-0.2, 0) is 28.6 Å². The van der Waals surface area contributed by atoms with E-state index in [0.717, 1.165) is 0 Å². The Kier molecular flexibility index (Phi) is 5.03. The average molecular weight is 390 g/mol. The number of carbonyl (C=O) groups excluding carboxylic acids is 3. The van der Waals surface area contributed by atoms with Gasteiger partial charge in [0.2, 0.25) is 5.78 Å². The van der Waals surface area contributed by atoms with Gasteiger partial charge in [0.1, 0.15) is 23.7 Å². The van der Waals surface area contributed by atoms with E-state index in [2.05, 4.69) is 6.58 Å². The predicted molar refractivity (Wildman–Crippen MR) is 95.3 cm³/mol. The maximum absolute atomic E-state index is 12.5. The van der Waals surface area contributed by atoms with Crippen LogP contribution in [0.2, 0.25) is 0 Å². The van der Waals surface area contributed by atoms with Gasteiger partial charge in [0.25, 0.3) is 0 Å². The maximum atomic E-state index is 12.5. The molecule has 3 rings (SSSR count). The fourth-order valence-electron chi connectivity index (χ4n) is 3.60. The zero-order valence-corrected chi connectivity index (χ0v) is 15.9. The number of fused-ring (bicyclic) bond motifs is 3. The van der Waals surface area contributed by atoms with Crippen molar-refractivity contribution in [1.82, 2.24) is 0 Å². The van der Waals surface area contributed by atoms with Crippen molar-refractivity contribution >= 4 is 17.7 Å². The summed E-state index contributed by atoms with van der Waals surface area (Å²) in [5.41, 5.74) is -1.14. The summed E-state index contributed by atoms with van der Waals surface area (Å²) in [6.45, 7) is 7.79. The number of aliphatic hydroxyl groups is 2. The molecule has 1 fully saturated rings. The summed E-state index contributed by atoms with van der Waals surface area (Å²) in [5, 5.41) is 20.4. The topological polar surface area (TPSA) is 119 Å². The van der Waals surface area contributed by atoms with Gasteiger partial charge >= 0.3 is 11.9 Å². The summed E-state index contributed by atoms with van der Waals surface area (Å²) < 4.78 is 16.5. The molecule has 0 amide bonds. The molecular formula is C20H22O8. The summed E-state index contributed by atoms with van der Waals surface area (Å²) in [5.74, 6) is -2.50. The van der Waals surface area contributed by atoms with Crippen LogP contribution in [0.25, 0.3) is 0 Å². The third kappa shape index (κ3) is 2.98. The molecule has 0 aromatic carbocycles. The van der Waals surface area contributed by atoms with E-state index in [4.69, 9.17) is 14.2 Å². The van der Waals surface area contributed by atoms with Gasteiger partial charge in [-0.1, -0.05) is 12.7 Å². The molecule has 0 aromatic heterocycles. The van der Waals surface area contributed by atoms with Crippen molar-refractivity contribution in [2.24, 2.45) is 5.92 Å². The lowest BCUT2D eigenvalue weighted by Crippen LogP contribution is -2.55. The second-order valence-corrected chi connectivity index (χ2v) is 7.18. The third-order valence-electron chi connectivity index (χ3n) is 5.34. The van der Waals surface area contributed by atoms with E-state index in [1.165, 1.54) is 19.1 Å². The summed E-state index contributed by atoms with van der Waals surface area (Å²) in [4.78, 5) is 37.2. The second kappa shape index (κ2) is 7.03. The molecule has 3 heterocycles. The van der Waals surface area contributed by atoms with Crippen LogP contribution in [0.4, 0.5) is 0 Å². The summed E-state index contributed by atoms with van der Waals surface area (Å²) in [6, 6.07) is 0. The van der Waals surface area contributed by atoms with Crippen molar-refractivity contribution in [2.75, 3.05) is 6.61 Å². The first-order valence-corrected chi connectivity index (χ1v) is 8.83. The number of aliphatic hydroxyl groups excluding tert-OH is 2. The Morgan fingerprint density at radius 1 is 1.46 bits per heavy atom. The van der Waals surface area contributed by atoms with Crippen molar-refractivity contribution in [3.8, 4) is 0 Å². The molecule has 4 unspecified atom stereocenters. The van der Waals surface area contributed by atoms with Crippen LogP contribution in [0, 0.1) is 5.92 Å². The molecule has 0 spiro atoms. The Morgan fingerprint density at radius 2 is 2.14 bits per heavy atom. The quantitative estimate of drug-likeness (QED) is 0.538. The highest BCUT2D eigenvalue weighted by Crippen LogP contribution is 2.44. The molecule has 0 saturated carbocycles. The first kappa shape index (κ1) is 20.0. The molecule has 8 heteroatoms. The van der Waals surface area contributed by atoms with Crippen molar-refractivity contribution in [3.05, 3.63) is 47.0 Å². The van der Waals surface area contributed by atoms with Crippen LogP contribution in [0.15, 0.2) is 47.0 Å². The largest absolute Gasteiger partial charge is 0.480 e. The summed E-state index contributed by atoms with van der Waals surface area (Å²) in [6.07, 6.45) is -0.166. The molecule has 8 nitrogen and oxygen atoms in total. The van der Waals surface area contributed by atoms with Crippen LogP contribution in [0.5, 0.6) is 0 Å². The highest BCUT2D eigenvalue weighted by atomic mass is 16.6. The minimum atomic E-state index is -1.70. The number of hydrogen-bond donors (Lipinski definition) is 2. The van der Waals surface area contributed by atoms with Gasteiger partial charge in [-0.2, -0.15) is 0 Å². The van der Waals surface area contributed by atoms with Gasteiger partial charge in [-0.3, -0.25) is 4.79 Å². The van der Waals surface area contributed by atoms with Gasteiger partial charge < -0.3 is 24.4 Å². The van der Waals surface area contributed by atoms with Crippen molar-refractivity contribution in [2.45, 2.75) is 45.0 Å². The number of allylic oxidation sites excluding steroid dienone is 2. The SMILES string of the molecule is C=C1C(=O)OC2=C(C)CC3=CC(=O)C(C)(O3)C(O)C(OC(=O)C(=CC)CO)C12. The van der Waals surface area contributed by atoms with E-state index in [1.54, 1.807) is 13.8 Å². The lowest BCUT2D eigenvalue weighted by Gasteiger charge is -2.35. The molecule has 0 aromatic rings. The normalized spacial score (nSPS) is 32.8. The first-order chi connectivity index (χ1) is 13.1. The molecule has 0 radical (unpaired) electrons. The Hall–Kier alpha value is -2.71. The summed E-state index contributed by atoms with van der Waals surface area (Å²) in [7, 11) is 0. The lowest BCUT2D eigenvalue weighted by molar-refractivity contribution is -0.173. The lowest BCUT2D eigenvalue weighted by atomic mass is 9.81. The predicted octanol–water partition coefficient (Wildman–Crippen LogP) is 0.846. The molecular weight excluding hydrogens is 368 g/mol. The smallest absolute Gasteiger partial charge is 0.339 e. The van der Waals surface area contributed by atoms with Crippen molar-refractivity contribution in [3.63, 3.8) is 0 Å². The number of ketones is 1. The second-order valence-electron chi connectivity index (χ2n) is 7.18. The van der Waals surface area contributed by atoms with Crippen LogP contribution in [0.1, 0.15) is 27.2 Å². The molecule has 150 valence electrons. The monoisotopic (exact) mass is 390 g/mol. The van der Waals surface area contributed by atoms with Crippen LogP contribution < -0.4 is 0 Å². The van der Waals surface area contributed by atoms with Crippen molar-refractivity contribution in [1.29, 1.82) is 0 Å². The molecule has 2 N–H and O–H groups in total. The van der Waals surface area contributed by atoms with E-state index in [9.17, 15) is 24.6 Å². The van der Waals surface area contributed by atoms with Gasteiger partial charge in [-0.05, 0) is 26.3 Å². The third-order valence-corrected chi connectivity index (χ3v) is 5.34.